The van der Waals surface area contributed by atoms with Crippen LogP contribution in [0.3, 0.4) is 0 Å². The highest BCUT2D eigenvalue weighted by atomic mass is 19.1. The molecular weight excluding hydrogens is 345 g/mol. The van der Waals surface area contributed by atoms with Crippen LogP contribution in [-0.2, 0) is 9.53 Å². The van der Waals surface area contributed by atoms with E-state index in [2.05, 4.69) is 21.9 Å². The van der Waals surface area contributed by atoms with Crippen LogP contribution in [0.25, 0.3) is 0 Å². The van der Waals surface area contributed by atoms with E-state index in [1.165, 1.54) is 17.7 Å². The monoisotopic (exact) mass is 371 g/mol. The van der Waals surface area contributed by atoms with Crippen LogP contribution in [0.5, 0.6) is 0 Å². The Kier molecular flexibility index (Phi) is 6.92. The second-order valence-corrected chi connectivity index (χ2v) is 6.76. The summed E-state index contributed by atoms with van der Waals surface area (Å²) < 4.78 is 18.6. The maximum absolute atomic E-state index is 13.4. The number of nitrogens with two attached hydrogens (primary N) is 1. The smallest absolute Gasteiger partial charge is 0.243 e. The van der Waals surface area contributed by atoms with Crippen molar-refractivity contribution in [3.05, 3.63) is 71.5 Å². The Balaban J connectivity index is 1.63. The molecule has 3 rings (SSSR count). The van der Waals surface area contributed by atoms with Crippen LogP contribution in [0.1, 0.15) is 17.2 Å². The predicted octanol–water partition coefficient (Wildman–Crippen LogP) is 2.03. The zero-order chi connectivity index (χ0) is 19.1. The van der Waals surface area contributed by atoms with Crippen LogP contribution in [0.15, 0.2) is 54.6 Å². The highest BCUT2D eigenvalue weighted by Gasteiger charge is 2.26. The Hall–Kier alpha value is -2.28. The summed E-state index contributed by atoms with van der Waals surface area (Å²) in [6, 6.07) is 17.2. The van der Waals surface area contributed by atoms with Crippen LogP contribution in [-0.4, -0.2) is 61.6 Å². The second kappa shape index (κ2) is 9.60. The Labute approximate surface area is 159 Å². The second-order valence-electron chi connectivity index (χ2n) is 6.76. The molecule has 2 aromatic carbocycles. The van der Waals surface area contributed by atoms with Gasteiger partial charge in [0.05, 0.1) is 12.6 Å². The van der Waals surface area contributed by atoms with Gasteiger partial charge < -0.3 is 10.5 Å². The summed E-state index contributed by atoms with van der Waals surface area (Å²) in [6.45, 7) is 4.92. The largest absolute Gasteiger partial charge is 0.370 e. The summed E-state index contributed by atoms with van der Waals surface area (Å²) >= 11 is 0. The number of carbonyl (C=O) groups excluding carboxylic acids is 1. The van der Waals surface area contributed by atoms with Crippen LogP contribution in [0, 0.1) is 5.82 Å². The molecule has 0 radical (unpaired) electrons. The summed E-state index contributed by atoms with van der Waals surface area (Å²) in [6.07, 6.45) is 0. The number of carbonyl (C=O) groups is 1. The lowest BCUT2D eigenvalue weighted by atomic mass is 9.96. The SMILES string of the molecule is NC(=O)COCCN1CCN(C(c2ccccc2)c2ccc(F)cc2)CC1. The van der Waals surface area contributed by atoms with Crippen LogP contribution < -0.4 is 5.73 Å². The lowest BCUT2D eigenvalue weighted by Gasteiger charge is -2.39. The van der Waals surface area contributed by atoms with Crippen molar-refractivity contribution in [3.63, 3.8) is 0 Å². The van der Waals surface area contributed by atoms with Crippen LogP contribution in [0.2, 0.25) is 0 Å². The van der Waals surface area contributed by atoms with Gasteiger partial charge in [0, 0.05) is 32.7 Å². The molecule has 2 N–H and O–H groups in total. The minimum Gasteiger partial charge on any atom is -0.370 e. The minimum absolute atomic E-state index is 0.0272. The predicted molar refractivity (Wildman–Crippen MR) is 103 cm³/mol. The standard InChI is InChI=1S/C21H26FN3O2/c22-19-8-6-18(7-9-19)21(17-4-2-1-3-5-17)25-12-10-24(11-13-25)14-15-27-16-20(23)26/h1-9,21H,10-16H2,(H2,23,26). The van der Waals surface area contributed by atoms with E-state index >= 15 is 0 Å². The van der Waals surface area contributed by atoms with E-state index in [1.807, 2.05) is 30.3 Å². The molecule has 1 aliphatic heterocycles. The van der Waals surface area contributed by atoms with E-state index in [1.54, 1.807) is 0 Å². The number of piperazine rings is 1. The topological polar surface area (TPSA) is 58.8 Å². The minimum atomic E-state index is -0.440. The molecule has 1 aliphatic rings. The molecule has 0 aliphatic carbocycles. The average molecular weight is 371 g/mol. The fraction of sp³-hybridized carbons (Fsp3) is 0.381. The third-order valence-corrected chi connectivity index (χ3v) is 4.87. The molecule has 6 heteroatoms. The van der Waals surface area contributed by atoms with Gasteiger partial charge in [-0.25, -0.2) is 4.39 Å². The zero-order valence-corrected chi connectivity index (χ0v) is 15.4. The third-order valence-electron chi connectivity index (χ3n) is 4.87. The Morgan fingerprint density at radius 1 is 1.00 bits per heavy atom. The molecular formula is C21H26FN3O2. The van der Waals surface area contributed by atoms with Crippen LogP contribution in [0.4, 0.5) is 4.39 Å². The number of nitrogens with zero attached hydrogens (tertiary/aromatic N) is 2. The number of benzene rings is 2. The number of rotatable bonds is 8. The zero-order valence-electron chi connectivity index (χ0n) is 15.4. The quantitative estimate of drug-likeness (QED) is 0.722. The van der Waals surface area contributed by atoms with Gasteiger partial charge in [0.2, 0.25) is 5.91 Å². The van der Waals surface area contributed by atoms with E-state index in [0.29, 0.717) is 6.61 Å². The van der Waals surface area contributed by atoms with Gasteiger partial charge in [0.25, 0.3) is 0 Å². The van der Waals surface area contributed by atoms with Crippen molar-refractivity contribution in [2.75, 3.05) is 45.9 Å². The van der Waals surface area contributed by atoms with Gasteiger partial charge >= 0.3 is 0 Å². The highest BCUT2D eigenvalue weighted by Crippen LogP contribution is 2.29. The third kappa shape index (κ3) is 5.60. The summed E-state index contributed by atoms with van der Waals surface area (Å²) in [4.78, 5) is 15.5. The molecule has 1 amide bonds. The van der Waals surface area contributed by atoms with Crippen molar-refractivity contribution in [3.8, 4) is 0 Å². The summed E-state index contributed by atoms with van der Waals surface area (Å²) in [5.74, 6) is -0.656. The molecule has 27 heavy (non-hydrogen) atoms. The lowest BCUT2D eigenvalue weighted by molar-refractivity contribution is -0.122. The van der Waals surface area contributed by atoms with E-state index in [4.69, 9.17) is 10.5 Å². The number of amides is 1. The molecule has 1 unspecified atom stereocenters. The molecule has 1 heterocycles. The maximum Gasteiger partial charge on any atom is 0.243 e. The lowest BCUT2D eigenvalue weighted by Crippen LogP contribution is -2.48. The van der Waals surface area contributed by atoms with Gasteiger partial charge in [-0.15, -0.1) is 0 Å². The molecule has 5 nitrogen and oxygen atoms in total. The molecule has 0 bridgehead atoms. The first-order valence-corrected chi connectivity index (χ1v) is 9.26. The van der Waals surface area contributed by atoms with E-state index in [-0.39, 0.29) is 18.5 Å². The maximum atomic E-state index is 13.4. The molecule has 0 saturated carbocycles. The number of primary amides is 1. The molecule has 1 fully saturated rings. The number of hydrogen-bond donors (Lipinski definition) is 1. The van der Waals surface area contributed by atoms with Gasteiger partial charge in [-0.2, -0.15) is 0 Å². The fourth-order valence-electron chi connectivity index (χ4n) is 3.51. The number of ether oxygens (including phenoxy) is 1. The molecule has 1 saturated heterocycles. The van der Waals surface area contributed by atoms with Crippen molar-refractivity contribution >= 4 is 5.91 Å². The van der Waals surface area contributed by atoms with Crippen LogP contribution >= 0.6 is 0 Å². The molecule has 1 atom stereocenters. The first-order chi connectivity index (χ1) is 13.1. The van der Waals surface area contributed by atoms with Crippen molar-refractivity contribution in [1.29, 1.82) is 0 Å². The van der Waals surface area contributed by atoms with E-state index in [9.17, 15) is 9.18 Å². The first-order valence-electron chi connectivity index (χ1n) is 9.26. The van der Waals surface area contributed by atoms with Gasteiger partial charge in [0.1, 0.15) is 12.4 Å². The van der Waals surface area contributed by atoms with Gasteiger partial charge in [-0.3, -0.25) is 14.6 Å². The van der Waals surface area contributed by atoms with Gasteiger partial charge in [0.15, 0.2) is 0 Å². The van der Waals surface area contributed by atoms with Crippen molar-refractivity contribution in [2.45, 2.75) is 6.04 Å². The fourth-order valence-corrected chi connectivity index (χ4v) is 3.51. The molecule has 0 aromatic heterocycles. The molecule has 0 spiro atoms. The normalized spacial score (nSPS) is 16.9. The van der Waals surface area contributed by atoms with Crippen molar-refractivity contribution in [2.24, 2.45) is 5.73 Å². The molecule has 2 aromatic rings. The summed E-state index contributed by atoms with van der Waals surface area (Å²) in [5, 5.41) is 0. The Bertz CT molecular complexity index is 716. The first kappa shape index (κ1) is 19.5. The highest BCUT2D eigenvalue weighted by molar-refractivity contribution is 5.74. The Morgan fingerprint density at radius 3 is 2.26 bits per heavy atom. The van der Waals surface area contributed by atoms with Crippen molar-refractivity contribution < 1.29 is 13.9 Å². The molecule has 144 valence electrons. The summed E-state index contributed by atoms with van der Waals surface area (Å²) in [7, 11) is 0. The summed E-state index contributed by atoms with van der Waals surface area (Å²) in [5.41, 5.74) is 7.38. The van der Waals surface area contributed by atoms with Gasteiger partial charge in [-0.05, 0) is 23.3 Å². The van der Waals surface area contributed by atoms with Crippen molar-refractivity contribution in [1.82, 2.24) is 9.80 Å². The van der Waals surface area contributed by atoms with Gasteiger partial charge in [-0.1, -0.05) is 42.5 Å². The van der Waals surface area contributed by atoms with E-state index in [0.717, 1.165) is 38.3 Å². The van der Waals surface area contributed by atoms with E-state index < -0.39 is 5.91 Å². The number of halogens is 1. The number of hydrogen-bond acceptors (Lipinski definition) is 4. The average Bonchev–Trinajstić information content (AvgIpc) is 2.69. The Morgan fingerprint density at radius 2 is 1.63 bits per heavy atom.